The summed E-state index contributed by atoms with van der Waals surface area (Å²) in [6.07, 6.45) is 2.90. The first-order chi connectivity index (χ1) is 8.26. The number of hydrogen-bond donors (Lipinski definition) is 0. The highest BCUT2D eigenvalue weighted by Gasteiger charge is 2.08. The molecule has 5 heteroatoms. The van der Waals surface area contributed by atoms with Crippen LogP contribution >= 0.6 is 31.9 Å². The van der Waals surface area contributed by atoms with Crippen LogP contribution < -0.4 is 0 Å². The zero-order valence-electron chi connectivity index (χ0n) is 9.62. The summed E-state index contributed by atoms with van der Waals surface area (Å²) in [4.78, 5) is 0. The third-order valence-electron chi connectivity index (χ3n) is 2.48. The maximum atomic E-state index is 5.54. The molecule has 0 saturated carbocycles. The number of benzene rings is 1. The normalized spacial score (nSPS) is 11.2. The van der Waals surface area contributed by atoms with E-state index in [0.717, 1.165) is 33.7 Å². The second-order valence-electron chi connectivity index (χ2n) is 3.82. The van der Waals surface area contributed by atoms with E-state index in [0.29, 0.717) is 6.73 Å². The lowest BCUT2D eigenvalue weighted by Gasteiger charge is -2.07. The second-order valence-corrected chi connectivity index (χ2v) is 5.29. The second kappa shape index (κ2) is 5.98. The number of ether oxygens (including phenoxy) is 1. The fourth-order valence-corrected chi connectivity index (χ4v) is 2.73. The highest BCUT2D eigenvalue weighted by Crippen LogP contribution is 2.26. The number of nitrogens with zero attached hydrogens (tertiary/aromatic N) is 2. The average Bonchev–Trinajstić information content (AvgIpc) is 2.71. The van der Waals surface area contributed by atoms with Crippen molar-refractivity contribution in [3.63, 3.8) is 0 Å². The van der Waals surface area contributed by atoms with Gasteiger partial charge in [0.05, 0.1) is 11.7 Å². The fraction of sp³-hybridized carbons (Fsp3) is 0.417. The smallest absolute Gasteiger partial charge is 0.140 e. The Morgan fingerprint density at radius 2 is 2.24 bits per heavy atom. The molecule has 1 aromatic carbocycles. The lowest BCUT2D eigenvalue weighted by atomic mass is 10.2. The third-order valence-corrected chi connectivity index (χ3v) is 3.55. The summed E-state index contributed by atoms with van der Waals surface area (Å²) in [7, 11) is 0. The fourth-order valence-electron chi connectivity index (χ4n) is 1.78. The molecule has 0 aliphatic heterocycles. The topological polar surface area (TPSA) is 27.1 Å². The summed E-state index contributed by atoms with van der Waals surface area (Å²) in [6.45, 7) is 3.38. The van der Waals surface area contributed by atoms with Gasteiger partial charge in [-0.2, -0.15) is 5.10 Å². The summed E-state index contributed by atoms with van der Waals surface area (Å²) < 4.78 is 8.53. The highest BCUT2D eigenvalue weighted by molar-refractivity contribution is 9.10. The van der Waals surface area contributed by atoms with Crippen LogP contribution in [0.25, 0.3) is 10.9 Å². The van der Waals surface area contributed by atoms with Crippen molar-refractivity contribution in [3.8, 4) is 0 Å². The first-order valence-corrected chi connectivity index (χ1v) is 7.45. The molecule has 0 aliphatic carbocycles. The summed E-state index contributed by atoms with van der Waals surface area (Å²) in [5.41, 5.74) is 2.35. The number of alkyl halides is 1. The van der Waals surface area contributed by atoms with E-state index in [-0.39, 0.29) is 0 Å². The molecule has 2 aromatic rings. The van der Waals surface area contributed by atoms with Crippen molar-refractivity contribution < 1.29 is 4.74 Å². The Hall–Kier alpha value is -0.390. The molecule has 0 bridgehead atoms. The van der Waals surface area contributed by atoms with Crippen molar-refractivity contribution >= 4 is 42.8 Å². The van der Waals surface area contributed by atoms with E-state index in [1.54, 1.807) is 0 Å². The molecule has 3 nitrogen and oxygen atoms in total. The van der Waals surface area contributed by atoms with Crippen LogP contribution in [0.1, 0.15) is 18.9 Å². The molecule has 0 saturated heterocycles. The molecule has 1 heterocycles. The van der Waals surface area contributed by atoms with Gasteiger partial charge in [0, 0.05) is 21.8 Å². The van der Waals surface area contributed by atoms with Crippen molar-refractivity contribution in [1.29, 1.82) is 0 Å². The molecule has 92 valence electrons. The van der Waals surface area contributed by atoms with Crippen LogP contribution in [0.4, 0.5) is 0 Å². The molecular formula is C12H14Br2N2O. The number of halogens is 2. The van der Waals surface area contributed by atoms with Crippen LogP contribution in [0.2, 0.25) is 0 Å². The van der Waals surface area contributed by atoms with Crippen molar-refractivity contribution in [2.75, 3.05) is 6.61 Å². The van der Waals surface area contributed by atoms with Gasteiger partial charge in [-0.1, -0.05) is 38.8 Å². The average molecular weight is 362 g/mol. The van der Waals surface area contributed by atoms with Crippen LogP contribution in [0.15, 0.2) is 22.8 Å². The van der Waals surface area contributed by atoms with E-state index in [1.165, 1.54) is 5.56 Å². The monoisotopic (exact) mass is 360 g/mol. The molecule has 0 amide bonds. The molecule has 0 radical (unpaired) electrons. The Balaban J connectivity index is 2.37. The highest BCUT2D eigenvalue weighted by atomic mass is 79.9. The SMILES string of the molecule is CCCOCn1ncc2cc(Br)cc(CBr)c21. The number of hydrogen-bond acceptors (Lipinski definition) is 2. The molecule has 0 unspecified atom stereocenters. The van der Waals surface area contributed by atoms with Gasteiger partial charge in [-0.25, -0.2) is 4.68 Å². The van der Waals surface area contributed by atoms with Crippen LogP contribution in [0.3, 0.4) is 0 Å². The number of aromatic nitrogens is 2. The summed E-state index contributed by atoms with van der Waals surface area (Å²) >= 11 is 7.02. The molecule has 0 spiro atoms. The minimum absolute atomic E-state index is 0.513. The number of fused-ring (bicyclic) bond motifs is 1. The predicted octanol–water partition coefficient (Wildman–Crippen LogP) is 4.08. The standard InChI is InChI=1S/C12H14Br2N2O/c1-2-3-17-8-16-12-9(6-13)4-11(14)5-10(12)7-15-16/h4-5,7H,2-3,6,8H2,1H3. The summed E-state index contributed by atoms with van der Waals surface area (Å²) in [6, 6.07) is 4.18. The summed E-state index contributed by atoms with van der Waals surface area (Å²) in [5, 5.41) is 6.31. The molecule has 2 rings (SSSR count). The molecule has 0 atom stereocenters. The van der Waals surface area contributed by atoms with E-state index in [9.17, 15) is 0 Å². The zero-order valence-corrected chi connectivity index (χ0v) is 12.8. The van der Waals surface area contributed by atoms with Crippen molar-refractivity contribution in [3.05, 3.63) is 28.4 Å². The van der Waals surface area contributed by atoms with Gasteiger partial charge in [0.2, 0.25) is 0 Å². The predicted molar refractivity (Wildman–Crippen MR) is 76.3 cm³/mol. The molecule has 17 heavy (non-hydrogen) atoms. The Kier molecular flexibility index (Phi) is 4.59. The Morgan fingerprint density at radius 3 is 2.94 bits per heavy atom. The van der Waals surface area contributed by atoms with Gasteiger partial charge in [-0.05, 0) is 24.1 Å². The van der Waals surface area contributed by atoms with Gasteiger partial charge in [-0.3, -0.25) is 0 Å². The Bertz CT molecular complexity index is 510. The number of rotatable bonds is 5. The third kappa shape index (κ3) is 2.89. The molecule has 0 N–H and O–H groups in total. The first kappa shape index (κ1) is 13.1. The molecule has 1 aromatic heterocycles. The van der Waals surface area contributed by atoms with Gasteiger partial charge < -0.3 is 4.74 Å². The quantitative estimate of drug-likeness (QED) is 0.592. The first-order valence-electron chi connectivity index (χ1n) is 5.54. The van der Waals surface area contributed by atoms with Gasteiger partial charge in [0.25, 0.3) is 0 Å². The van der Waals surface area contributed by atoms with Crippen LogP contribution in [0, 0.1) is 0 Å². The molecular weight excluding hydrogens is 348 g/mol. The van der Waals surface area contributed by atoms with Crippen molar-refractivity contribution in [2.45, 2.75) is 25.4 Å². The van der Waals surface area contributed by atoms with E-state index < -0.39 is 0 Å². The minimum Gasteiger partial charge on any atom is -0.359 e. The van der Waals surface area contributed by atoms with E-state index in [2.05, 4.69) is 56.0 Å². The van der Waals surface area contributed by atoms with Gasteiger partial charge >= 0.3 is 0 Å². The zero-order chi connectivity index (χ0) is 12.3. The van der Waals surface area contributed by atoms with Crippen molar-refractivity contribution in [2.24, 2.45) is 0 Å². The molecule has 0 aliphatic rings. The lowest BCUT2D eigenvalue weighted by Crippen LogP contribution is -2.05. The van der Waals surface area contributed by atoms with Gasteiger partial charge in [-0.15, -0.1) is 0 Å². The van der Waals surface area contributed by atoms with E-state index >= 15 is 0 Å². The van der Waals surface area contributed by atoms with Gasteiger partial charge in [0.15, 0.2) is 0 Å². The Morgan fingerprint density at radius 1 is 1.41 bits per heavy atom. The Labute approximate surface area is 117 Å². The van der Waals surface area contributed by atoms with Crippen LogP contribution in [0.5, 0.6) is 0 Å². The maximum Gasteiger partial charge on any atom is 0.140 e. The minimum atomic E-state index is 0.513. The van der Waals surface area contributed by atoms with Gasteiger partial charge in [0.1, 0.15) is 6.73 Å². The van der Waals surface area contributed by atoms with Crippen LogP contribution in [-0.4, -0.2) is 16.4 Å². The van der Waals surface area contributed by atoms with Crippen molar-refractivity contribution in [1.82, 2.24) is 9.78 Å². The lowest BCUT2D eigenvalue weighted by molar-refractivity contribution is 0.0722. The van der Waals surface area contributed by atoms with E-state index in [1.807, 2.05) is 10.9 Å². The van der Waals surface area contributed by atoms with E-state index in [4.69, 9.17) is 4.74 Å². The largest absolute Gasteiger partial charge is 0.359 e. The maximum absolute atomic E-state index is 5.54. The summed E-state index contributed by atoms with van der Waals surface area (Å²) in [5.74, 6) is 0. The van der Waals surface area contributed by atoms with Crippen LogP contribution in [-0.2, 0) is 16.8 Å². The molecule has 0 fully saturated rings.